The number of carbonyl (C=O) groups excluding carboxylic acids is 2. The summed E-state index contributed by atoms with van der Waals surface area (Å²) in [6.07, 6.45) is 2.75. The summed E-state index contributed by atoms with van der Waals surface area (Å²) in [7, 11) is 0. The van der Waals surface area contributed by atoms with Crippen LogP contribution in [0, 0.1) is 0 Å². The van der Waals surface area contributed by atoms with E-state index in [1.165, 1.54) is 6.20 Å². The van der Waals surface area contributed by atoms with Crippen molar-refractivity contribution in [1.29, 1.82) is 0 Å². The van der Waals surface area contributed by atoms with E-state index in [2.05, 4.69) is 20.9 Å². The monoisotopic (exact) mass is 296 g/mol. The van der Waals surface area contributed by atoms with Crippen molar-refractivity contribution in [2.24, 2.45) is 0 Å². The predicted molar refractivity (Wildman–Crippen MR) is 76.9 cm³/mol. The summed E-state index contributed by atoms with van der Waals surface area (Å²) in [5.74, 6) is 0.348. The second kappa shape index (κ2) is 6.56. The number of nitrogens with zero attached hydrogens (tertiary/aromatic N) is 1. The van der Waals surface area contributed by atoms with E-state index < -0.39 is 0 Å². The fraction of sp³-hybridized carbons (Fsp3) is 0.462. The van der Waals surface area contributed by atoms with Gasteiger partial charge < -0.3 is 16.0 Å². The molecule has 2 heterocycles. The number of carbonyl (C=O) groups is 2. The van der Waals surface area contributed by atoms with Crippen LogP contribution in [-0.4, -0.2) is 35.9 Å². The molecule has 0 saturated carbocycles. The molecule has 0 aliphatic carbocycles. The summed E-state index contributed by atoms with van der Waals surface area (Å²) in [6, 6.07) is 1.59. The zero-order chi connectivity index (χ0) is 14.5. The van der Waals surface area contributed by atoms with Crippen molar-refractivity contribution < 1.29 is 9.59 Å². The third kappa shape index (κ3) is 3.60. The second-order valence-corrected chi connectivity index (χ2v) is 5.01. The molecule has 1 aromatic heterocycles. The molecular weight excluding hydrogens is 280 g/mol. The van der Waals surface area contributed by atoms with E-state index in [1.54, 1.807) is 6.07 Å². The lowest BCUT2D eigenvalue weighted by atomic mass is 10.2. The number of hydrogen-bond acceptors (Lipinski definition) is 4. The number of hydrogen-bond donors (Lipinski definition) is 3. The van der Waals surface area contributed by atoms with E-state index in [0.29, 0.717) is 35.9 Å². The van der Waals surface area contributed by atoms with Crippen LogP contribution in [0.4, 0.5) is 5.82 Å². The topological polar surface area (TPSA) is 83.1 Å². The molecule has 1 aliphatic rings. The van der Waals surface area contributed by atoms with Crippen molar-refractivity contribution in [2.75, 3.05) is 18.4 Å². The van der Waals surface area contributed by atoms with E-state index in [9.17, 15) is 9.59 Å². The molecule has 0 spiro atoms. The summed E-state index contributed by atoms with van der Waals surface area (Å²) in [6.45, 7) is 3.06. The normalized spacial score (nSPS) is 17.7. The lowest BCUT2D eigenvalue weighted by molar-refractivity contribution is -0.119. The molecule has 1 atom stereocenters. The average molecular weight is 297 g/mol. The smallest absolute Gasteiger partial charge is 0.252 e. The Labute approximate surface area is 122 Å². The van der Waals surface area contributed by atoms with Gasteiger partial charge in [0.15, 0.2) is 0 Å². The molecule has 1 saturated heterocycles. The molecule has 1 aliphatic heterocycles. The highest BCUT2D eigenvalue weighted by molar-refractivity contribution is 6.33. The molecule has 0 bridgehead atoms. The SMILES string of the molecule is CCNc1ncc(C(=O)NCC2CCC(=O)N2)cc1Cl. The van der Waals surface area contributed by atoms with E-state index in [-0.39, 0.29) is 17.9 Å². The van der Waals surface area contributed by atoms with Crippen LogP contribution in [0.3, 0.4) is 0 Å². The second-order valence-electron chi connectivity index (χ2n) is 4.60. The Morgan fingerprint density at radius 2 is 2.40 bits per heavy atom. The molecule has 2 amide bonds. The number of pyridine rings is 1. The van der Waals surface area contributed by atoms with Crippen molar-refractivity contribution >= 4 is 29.2 Å². The zero-order valence-electron chi connectivity index (χ0n) is 11.2. The van der Waals surface area contributed by atoms with E-state index in [0.717, 1.165) is 6.42 Å². The Balaban J connectivity index is 1.92. The van der Waals surface area contributed by atoms with Gasteiger partial charge in [-0.05, 0) is 19.4 Å². The van der Waals surface area contributed by atoms with Crippen LogP contribution in [0.15, 0.2) is 12.3 Å². The van der Waals surface area contributed by atoms with Crippen LogP contribution in [0.5, 0.6) is 0 Å². The van der Waals surface area contributed by atoms with E-state index in [1.807, 2.05) is 6.92 Å². The Morgan fingerprint density at radius 3 is 3.00 bits per heavy atom. The maximum absolute atomic E-state index is 12.0. The molecule has 3 N–H and O–H groups in total. The zero-order valence-corrected chi connectivity index (χ0v) is 12.0. The fourth-order valence-electron chi connectivity index (χ4n) is 2.01. The van der Waals surface area contributed by atoms with Gasteiger partial charge in [-0.25, -0.2) is 4.98 Å². The minimum absolute atomic E-state index is 0.0101. The highest BCUT2D eigenvalue weighted by atomic mass is 35.5. The molecule has 108 valence electrons. The Morgan fingerprint density at radius 1 is 1.60 bits per heavy atom. The van der Waals surface area contributed by atoms with E-state index >= 15 is 0 Å². The van der Waals surface area contributed by atoms with Crippen molar-refractivity contribution in [3.8, 4) is 0 Å². The van der Waals surface area contributed by atoms with Gasteiger partial charge in [-0.3, -0.25) is 9.59 Å². The maximum atomic E-state index is 12.0. The highest BCUT2D eigenvalue weighted by Crippen LogP contribution is 2.19. The maximum Gasteiger partial charge on any atom is 0.252 e. The lowest BCUT2D eigenvalue weighted by Crippen LogP contribution is -2.38. The summed E-state index contributed by atoms with van der Waals surface area (Å²) in [5.41, 5.74) is 0.404. The number of rotatable bonds is 5. The first-order chi connectivity index (χ1) is 9.60. The standard InChI is InChI=1S/C13H17ClN4O2/c1-2-15-12-10(14)5-8(6-16-12)13(20)17-7-9-3-4-11(19)18-9/h5-6,9H,2-4,7H2,1H3,(H,15,16)(H,17,20)(H,18,19). The molecule has 0 aromatic carbocycles. The first kappa shape index (κ1) is 14.6. The molecular formula is C13H17ClN4O2. The van der Waals surface area contributed by atoms with Crippen molar-refractivity contribution in [1.82, 2.24) is 15.6 Å². The summed E-state index contributed by atoms with van der Waals surface area (Å²) < 4.78 is 0. The van der Waals surface area contributed by atoms with Gasteiger partial charge in [0.05, 0.1) is 10.6 Å². The Bertz CT molecular complexity index is 521. The first-order valence-corrected chi connectivity index (χ1v) is 6.95. The van der Waals surface area contributed by atoms with Crippen molar-refractivity contribution in [3.05, 3.63) is 22.8 Å². The molecule has 1 unspecified atom stereocenters. The fourth-order valence-corrected chi connectivity index (χ4v) is 2.24. The molecule has 6 nitrogen and oxygen atoms in total. The largest absolute Gasteiger partial charge is 0.369 e. The van der Waals surface area contributed by atoms with Crippen molar-refractivity contribution in [2.45, 2.75) is 25.8 Å². The highest BCUT2D eigenvalue weighted by Gasteiger charge is 2.21. The molecule has 0 radical (unpaired) electrons. The number of anilines is 1. The van der Waals surface area contributed by atoms with Gasteiger partial charge in [0.2, 0.25) is 5.91 Å². The summed E-state index contributed by atoms with van der Waals surface area (Å²) in [5, 5.41) is 8.97. The first-order valence-electron chi connectivity index (χ1n) is 6.57. The van der Waals surface area contributed by atoms with Gasteiger partial charge in [-0.2, -0.15) is 0 Å². The van der Waals surface area contributed by atoms with Crippen LogP contribution < -0.4 is 16.0 Å². The van der Waals surface area contributed by atoms with Gasteiger partial charge in [-0.15, -0.1) is 0 Å². The van der Waals surface area contributed by atoms with Crippen LogP contribution in [-0.2, 0) is 4.79 Å². The number of aromatic nitrogens is 1. The average Bonchev–Trinajstić information content (AvgIpc) is 2.84. The van der Waals surface area contributed by atoms with Gasteiger partial charge in [0.1, 0.15) is 5.82 Å². The van der Waals surface area contributed by atoms with Crippen LogP contribution in [0.25, 0.3) is 0 Å². The van der Waals surface area contributed by atoms with Gasteiger partial charge in [-0.1, -0.05) is 11.6 Å². The molecule has 20 heavy (non-hydrogen) atoms. The number of nitrogens with one attached hydrogen (secondary N) is 3. The van der Waals surface area contributed by atoms with Crippen molar-refractivity contribution in [3.63, 3.8) is 0 Å². The third-order valence-electron chi connectivity index (χ3n) is 3.04. The van der Waals surface area contributed by atoms with Crippen LogP contribution in [0.1, 0.15) is 30.1 Å². The quantitative estimate of drug-likeness (QED) is 0.762. The number of halogens is 1. The Hall–Kier alpha value is -1.82. The summed E-state index contributed by atoms with van der Waals surface area (Å²) in [4.78, 5) is 27.1. The molecule has 1 aromatic rings. The molecule has 1 fully saturated rings. The van der Waals surface area contributed by atoms with Gasteiger partial charge in [0, 0.05) is 31.7 Å². The third-order valence-corrected chi connectivity index (χ3v) is 3.33. The summed E-state index contributed by atoms with van der Waals surface area (Å²) >= 11 is 6.04. The van der Waals surface area contributed by atoms with Gasteiger partial charge in [0.25, 0.3) is 5.91 Å². The minimum Gasteiger partial charge on any atom is -0.369 e. The molecule has 2 rings (SSSR count). The lowest BCUT2D eigenvalue weighted by Gasteiger charge is -2.12. The Kier molecular flexibility index (Phi) is 4.79. The van der Waals surface area contributed by atoms with E-state index in [4.69, 9.17) is 11.6 Å². The van der Waals surface area contributed by atoms with Gasteiger partial charge >= 0.3 is 0 Å². The van der Waals surface area contributed by atoms with Crippen LogP contribution in [0.2, 0.25) is 5.02 Å². The van der Waals surface area contributed by atoms with Crippen LogP contribution >= 0.6 is 11.6 Å². The number of amides is 2. The minimum atomic E-state index is -0.247. The molecule has 7 heteroatoms. The predicted octanol–water partition coefficient (Wildman–Crippen LogP) is 1.18.